The Kier molecular flexibility index (Phi) is 4.63. The summed E-state index contributed by atoms with van der Waals surface area (Å²) in [5, 5.41) is 0. The molecule has 0 spiro atoms. The van der Waals surface area contributed by atoms with E-state index in [2.05, 4.69) is 4.72 Å². The zero-order valence-corrected chi connectivity index (χ0v) is 15.0. The number of sulfonamides is 1. The molecule has 1 N–H and O–H groups in total. The van der Waals surface area contributed by atoms with Crippen molar-refractivity contribution in [3.05, 3.63) is 76.5 Å². The van der Waals surface area contributed by atoms with Gasteiger partial charge in [0.15, 0.2) is 0 Å². The van der Waals surface area contributed by atoms with Crippen LogP contribution in [-0.2, 0) is 10.0 Å². The highest BCUT2D eigenvalue weighted by molar-refractivity contribution is 7.94. The molecule has 0 unspecified atom stereocenters. The summed E-state index contributed by atoms with van der Waals surface area (Å²) in [5.41, 5.74) is 2.91. The zero-order valence-electron chi connectivity index (χ0n) is 14.2. The first-order chi connectivity index (χ1) is 11.9. The van der Waals surface area contributed by atoms with Crippen LogP contribution in [0.25, 0.3) is 5.69 Å². The van der Waals surface area contributed by atoms with Crippen molar-refractivity contribution < 1.29 is 13.2 Å². The predicted octanol–water partition coefficient (Wildman–Crippen LogP) is 3.39. The Bertz CT molecular complexity index is 962. The molecule has 6 heteroatoms. The standard InChI is InChI=1S/C19H20N2O3S/c1-14-12-13-15(2)21(14)18-11-7-6-10-17(18)19(22)20-25(23,24)16-8-4-3-5-9-16/h4,6-13H,3,5H2,1-2H3,(H,20,22). The number of nitrogens with one attached hydrogen (secondary N) is 1. The number of carbonyl (C=O) groups is 1. The van der Waals surface area contributed by atoms with Crippen LogP contribution in [0.4, 0.5) is 0 Å². The van der Waals surface area contributed by atoms with E-state index in [0.717, 1.165) is 17.8 Å². The van der Waals surface area contributed by atoms with Crippen LogP contribution in [0.3, 0.4) is 0 Å². The average molecular weight is 356 g/mol. The highest BCUT2D eigenvalue weighted by Crippen LogP contribution is 2.21. The Labute approximate surface area is 147 Å². The lowest BCUT2D eigenvalue weighted by Gasteiger charge is -2.15. The minimum absolute atomic E-state index is 0.137. The zero-order chi connectivity index (χ0) is 18.0. The maximum atomic E-state index is 12.7. The largest absolute Gasteiger partial charge is 0.318 e. The van der Waals surface area contributed by atoms with Crippen LogP contribution in [-0.4, -0.2) is 18.9 Å². The molecule has 0 saturated heterocycles. The highest BCUT2D eigenvalue weighted by atomic mass is 32.2. The van der Waals surface area contributed by atoms with Crippen molar-refractivity contribution in [2.45, 2.75) is 26.7 Å². The first-order valence-corrected chi connectivity index (χ1v) is 9.56. The van der Waals surface area contributed by atoms with Crippen LogP contribution < -0.4 is 4.72 Å². The van der Waals surface area contributed by atoms with Crippen molar-refractivity contribution in [1.29, 1.82) is 0 Å². The van der Waals surface area contributed by atoms with E-state index in [1.807, 2.05) is 36.6 Å². The molecule has 1 amide bonds. The van der Waals surface area contributed by atoms with Gasteiger partial charge in [0, 0.05) is 11.4 Å². The van der Waals surface area contributed by atoms with Crippen LogP contribution in [0.15, 0.2) is 59.5 Å². The lowest BCUT2D eigenvalue weighted by Crippen LogP contribution is -2.32. The fraction of sp³-hybridized carbons (Fsp3) is 0.211. The first kappa shape index (κ1) is 17.2. The maximum Gasteiger partial charge on any atom is 0.267 e. The molecule has 130 valence electrons. The number of amides is 1. The molecule has 0 radical (unpaired) electrons. The molecule has 0 aliphatic heterocycles. The summed E-state index contributed by atoms with van der Waals surface area (Å²) in [5.74, 6) is -0.636. The van der Waals surface area contributed by atoms with E-state index >= 15 is 0 Å². The second-order valence-electron chi connectivity index (χ2n) is 5.99. The third-order valence-corrected chi connectivity index (χ3v) is 5.54. The van der Waals surface area contributed by atoms with Crippen molar-refractivity contribution in [2.24, 2.45) is 0 Å². The first-order valence-electron chi connectivity index (χ1n) is 8.08. The molecule has 1 aliphatic rings. The molecule has 5 nitrogen and oxygen atoms in total. The predicted molar refractivity (Wildman–Crippen MR) is 98.1 cm³/mol. The third-order valence-electron chi connectivity index (χ3n) is 4.16. The van der Waals surface area contributed by atoms with Gasteiger partial charge >= 0.3 is 0 Å². The fourth-order valence-electron chi connectivity index (χ4n) is 2.93. The van der Waals surface area contributed by atoms with Gasteiger partial charge in [0.2, 0.25) is 0 Å². The topological polar surface area (TPSA) is 68.2 Å². The maximum absolute atomic E-state index is 12.7. The number of nitrogens with zero attached hydrogens (tertiary/aromatic N) is 1. The monoisotopic (exact) mass is 356 g/mol. The smallest absolute Gasteiger partial charge is 0.267 e. The summed E-state index contributed by atoms with van der Waals surface area (Å²) in [7, 11) is -3.87. The molecular formula is C19H20N2O3S. The SMILES string of the molecule is Cc1ccc(C)n1-c1ccccc1C(=O)NS(=O)(=O)C1=CCCC=C1. The summed E-state index contributed by atoms with van der Waals surface area (Å²) in [6.07, 6.45) is 6.41. The summed E-state index contributed by atoms with van der Waals surface area (Å²) in [4.78, 5) is 12.8. The van der Waals surface area contributed by atoms with Crippen molar-refractivity contribution >= 4 is 15.9 Å². The molecule has 1 aromatic carbocycles. The van der Waals surface area contributed by atoms with Gasteiger partial charge < -0.3 is 4.57 Å². The molecule has 0 bridgehead atoms. The van der Waals surface area contributed by atoms with Gasteiger partial charge in [-0.2, -0.15) is 0 Å². The molecule has 0 atom stereocenters. The van der Waals surface area contributed by atoms with E-state index in [1.54, 1.807) is 30.4 Å². The number of hydrogen-bond donors (Lipinski definition) is 1. The van der Waals surface area contributed by atoms with Gasteiger partial charge in [0.25, 0.3) is 15.9 Å². The number of rotatable bonds is 4. The summed E-state index contributed by atoms with van der Waals surface area (Å²) in [6.45, 7) is 3.88. The van der Waals surface area contributed by atoms with Gasteiger partial charge in [-0.3, -0.25) is 4.79 Å². The van der Waals surface area contributed by atoms with Crippen molar-refractivity contribution in [3.63, 3.8) is 0 Å². The quantitative estimate of drug-likeness (QED) is 0.913. The van der Waals surface area contributed by atoms with Gasteiger partial charge in [-0.25, -0.2) is 13.1 Å². The molecule has 0 saturated carbocycles. The van der Waals surface area contributed by atoms with Crippen LogP contribution in [0.2, 0.25) is 0 Å². The molecule has 1 heterocycles. The normalized spacial score (nSPS) is 14.2. The number of para-hydroxylation sites is 1. The molecule has 1 aromatic heterocycles. The van der Waals surface area contributed by atoms with Gasteiger partial charge in [-0.1, -0.05) is 24.3 Å². The van der Waals surface area contributed by atoms with Crippen LogP contribution >= 0.6 is 0 Å². The fourth-order valence-corrected chi connectivity index (χ4v) is 4.02. The number of carbonyl (C=O) groups excluding carboxylic acids is 1. The van der Waals surface area contributed by atoms with E-state index in [-0.39, 0.29) is 4.91 Å². The number of aryl methyl sites for hydroxylation is 2. The van der Waals surface area contributed by atoms with E-state index in [1.165, 1.54) is 6.08 Å². The number of allylic oxidation sites excluding steroid dienone is 3. The minimum Gasteiger partial charge on any atom is -0.318 e. The molecule has 25 heavy (non-hydrogen) atoms. The Hall–Kier alpha value is -2.60. The Balaban J connectivity index is 1.97. The second kappa shape index (κ2) is 6.72. The van der Waals surface area contributed by atoms with Crippen LogP contribution in [0, 0.1) is 13.8 Å². The molecule has 2 aromatic rings. The average Bonchev–Trinajstić information content (AvgIpc) is 2.94. The van der Waals surface area contributed by atoms with Gasteiger partial charge in [0.05, 0.1) is 16.2 Å². The second-order valence-corrected chi connectivity index (χ2v) is 7.67. The van der Waals surface area contributed by atoms with Gasteiger partial charge in [-0.05, 0) is 57.0 Å². The highest BCUT2D eigenvalue weighted by Gasteiger charge is 2.22. The van der Waals surface area contributed by atoms with E-state index in [0.29, 0.717) is 17.7 Å². The number of benzene rings is 1. The summed E-state index contributed by atoms with van der Waals surface area (Å²) < 4.78 is 29.0. The van der Waals surface area contributed by atoms with Gasteiger partial charge in [-0.15, -0.1) is 0 Å². The number of hydrogen-bond acceptors (Lipinski definition) is 3. The summed E-state index contributed by atoms with van der Waals surface area (Å²) in [6, 6.07) is 10.9. The molecule has 1 aliphatic carbocycles. The van der Waals surface area contributed by atoms with Crippen molar-refractivity contribution in [1.82, 2.24) is 9.29 Å². The Morgan fingerprint density at radius 1 is 1.04 bits per heavy atom. The van der Waals surface area contributed by atoms with E-state index in [9.17, 15) is 13.2 Å². The third kappa shape index (κ3) is 3.44. The molecular weight excluding hydrogens is 336 g/mol. The van der Waals surface area contributed by atoms with Crippen molar-refractivity contribution in [3.8, 4) is 5.69 Å². The minimum atomic E-state index is -3.87. The Morgan fingerprint density at radius 2 is 1.72 bits per heavy atom. The lowest BCUT2D eigenvalue weighted by atomic mass is 10.1. The van der Waals surface area contributed by atoms with Crippen molar-refractivity contribution in [2.75, 3.05) is 0 Å². The van der Waals surface area contributed by atoms with Gasteiger partial charge in [0.1, 0.15) is 0 Å². The van der Waals surface area contributed by atoms with E-state index < -0.39 is 15.9 Å². The Morgan fingerprint density at radius 3 is 2.36 bits per heavy atom. The molecule has 3 rings (SSSR count). The van der Waals surface area contributed by atoms with Crippen LogP contribution in [0.5, 0.6) is 0 Å². The lowest BCUT2D eigenvalue weighted by molar-refractivity contribution is 0.0981. The number of aromatic nitrogens is 1. The van der Waals surface area contributed by atoms with E-state index in [4.69, 9.17) is 0 Å². The van der Waals surface area contributed by atoms with Crippen LogP contribution in [0.1, 0.15) is 34.6 Å². The molecule has 0 fully saturated rings. The summed E-state index contributed by atoms with van der Waals surface area (Å²) >= 11 is 0.